The summed E-state index contributed by atoms with van der Waals surface area (Å²) in [5.74, 6) is -0.257. The van der Waals surface area contributed by atoms with Gasteiger partial charge in [0.15, 0.2) is 0 Å². The van der Waals surface area contributed by atoms with E-state index in [1.165, 1.54) is 16.6 Å². The van der Waals surface area contributed by atoms with Crippen LogP contribution in [0, 0.1) is 19.7 Å². The van der Waals surface area contributed by atoms with E-state index in [4.69, 9.17) is 0 Å². The topological polar surface area (TPSA) is 24.9 Å². The highest BCUT2D eigenvalue weighted by atomic mass is 32.1. The summed E-state index contributed by atoms with van der Waals surface area (Å²) in [6.45, 7) is 7.00. The average molecular weight is 264 g/mol. The van der Waals surface area contributed by atoms with E-state index in [9.17, 15) is 4.39 Å². The van der Waals surface area contributed by atoms with Gasteiger partial charge in [-0.15, -0.1) is 11.3 Å². The van der Waals surface area contributed by atoms with Crippen LogP contribution in [0.25, 0.3) is 0 Å². The number of nitrogens with one attached hydrogen (secondary N) is 1. The van der Waals surface area contributed by atoms with Crippen molar-refractivity contribution in [1.82, 2.24) is 10.3 Å². The maximum Gasteiger partial charge on any atom is 0.146 e. The molecule has 4 heteroatoms. The van der Waals surface area contributed by atoms with Crippen LogP contribution in [0.1, 0.15) is 33.8 Å². The molecule has 0 saturated heterocycles. The zero-order valence-electron chi connectivity index (χ0n) is 10.8. The number of rotatable bonds is 4. The lowest BCUT2D eigenvalue weighted by molar-refractivity contribution is 0.558. The fourth-order valence-corrected chi connectivity index (χ4v) is 3.07. The number of pyridine rings is 1. The molecule has 0 aliphatic heterocycles. The highest BCUT2D eigenvalue weighted by Crippen LogP contribution is 2.31. The van der Waals surface area contributed by atoms with E-state index < -0.39 is 0 Å². The Morgan fingerprint density at radius 1 is 1.44 bits per heavy atom. The Kier molecular flexibility index (Phi) is 4.09. The molecule has 96 valence electrons. The number of aryl methyl sites for hydroxylation is 2. The highest BCUT2D eigenvalue weighted by Gasteiger charge is 2.19. The first kappa shape index (κ1) is 13.2. The van der Waals surface area contributed by atoms with Gasteiger partial charge in [0.25, 0.3) is 0 Å². The average Bonchev–Trinajstić information content (AvgIpc) is 2.68. The van der Waals surface area contributed by atoms with Crippen LogP contribution in [0.15, 0.2) is 24.5 Å². The molecule has 0 amide bonds. The molecule has 2 aromatic rings. The van der Waals surface area contributed by atoms with E-state index in [2.05, 4.69) is 30.2 Å². The predicted octanol–water partition coefficient (Wildman–Crippen LogP) is 3.60. The Bertz CT molecular complexity index is 517. The minimum Gasteiger partial charge on any atom is -0.306 e. The van der Waals surface area contributed by atoms with Crippen LogP contribution in [-0.2, 0) is 0 Å². The SMILES string of the molecule is CCNC(c1cc(C)c(C)s1)c1ccncc1F. The predicted molar refractivity (Wildman–Crippen MR) is 73.5 cm³/mol. The zero-order chi connectivity index (χ0) is 13.1. The monoisotopic (exact) mass is 264 g/mol. The van der Waals surface area contributed by atoms with E-state index in [-0.39, 0.29) is 11.9 Å². The fourth-order valence-electron chi connectivity index (χ4n) is 1.93. The summed E-state index contributed by atoms with van der Waals surface area (Å²) in [4.78, 5) is 6.23. The van der Waals surface area contributed by atoms with Crippen LogP contribution in [0.4, 0.5) is 4.39 Å². The van der Waals surface area contributed by atoms with Crippen LogP contribution >= 0.6 is 11.3 Å². The molecular formula is C14H17FN2S. The molecule has 1 N–H and O–H groups in total. The van der Waals surface area contributed by atoms with Gasteiger partial charge >= 0.3 is 0 Å². The van der Waals surface area contributed by atoms with Gasteiger partial charge in [-0.1, -0.05) is 6.92 Å². The Morgan fingerprint density at radius 3 is 2.78 bits per heavy atom. The molecule has 0 aliphatic carbocycles. The molecule has 1 unspecified atom stereocenters. The smallest absolute Gasteiger partial charge is 0.146 e. The summed E-state index contributed by atoms with van der Waals surface area (Å²) in [6, 6.07) is 3.79. The van der Waals surface area contributed by atoms with Gasteiger partial charge in [-0.2, -0.15) is 0 Å². The van der Waals surface area contributed by atoms with Gasteiger partial charge < -0.3 is 5.32 Å². The molecule has 0 saturated carbocycles. The van der Waals surface area contributed by atoms with Gasteiger partial charge in [0.2, 0.25) is 0 Å². The summed E-state index contributed by atoms with van der Waals surface area (Å²) in [6.07, 6.45) is 2.91. The molecule has 2 aromatic heterocycles. The second kappa shape index (κ2) is 5.59. The van der Waals surface area contributed by atoms with Crippen molar-refractivity contribution in [2.24, 2.45) is 0 Å². The van der Waals surface area contributed by atoms with E-state index in [0.717, 1.165) is 11.4 Å². The Hall–Kier alpha value is -1.26. The normalized spacial score (nSPS) is 12.7. The highest BCUT2D eigenvalue weighted by molar-refractivity contribution is 7.12. The van der Waals surface area contributed by atoms with E-state index in [0.29, 0.717) is 5.56 Å². The quantitative estimate of drug-likeness (QED) is 0.912. The molecule has 1 atom stereocenters. The summed E-state index contributed by atoms with van der Waals surface area (Å²) in [5, 5.41) is 3.34. The zero-order valence-corrected chi connectivity index (χ0v) is 11.6. The molecule has 18 heavy (non-hydrogen) atoms. The molecule has 0 aromatic carbocycles. The van der Waals surface area contributed by atoms with Gasteiger partial charge in [-0.3, -0.25) is 4.98 Å². The van der Waals surface area contributed by atoms with Crippen molar-refractivity contribution < 1.29 is 4.39 Å². The summed E-state index contributed by atoms with van der Waals surface area (Å²) in [7, 11) is 0. The number of aromatic nitrogens is 1. The van der Waals surface area contributed by atoms with Gasteiger partial charge in [0.05, 0.1) is 12.2 Å². The van der Waals surface area contributed by atoms with Crippen molar-refractivity contribution in [3.63, 3.8) is 0 Å². The first-order valence-corrected chi connectivity index (χ1v) is 6.84. The van der Waals surface area contributed by atoms with E-state index in [1.54, 1.807) is 23.6 Å². The van der Waals surface area contributed by atoms with E-state index >= 15 is 0 Å². The van der Waals surface area contributed by atoms with Crippen molar-refractivity contribution in [1.29, 1.82) is 0 Å². The first-order chi connectivity index (χ1) is 8.63. The third kappa shape index (κ3) is 2.60. The Labute approximate surface area is 111 Å². The van der Waals surface area contributed by atoms with Gasteiger partial charge in [0, 0.05) is 21.5 Å². The van der Waals surface area contributed by atoms with Crippen LogP contribution in [0.5, 0.6) is 0 Å². The third-order valence-corrected chi connectivity index (χ3v) is 4.21. The molecule has 0 fully saturated rings. The molecule has 2 heterocycles. The maximum absolute atomic E-state index is 13.9. The van der Waals surface area contributed by atoms with Crippen molar-refractivity contribution in [3.05, 3.63) is 51.2 Å². The molecule has 2 rings (SSSR count). The van der Waals surface area contributed by atoms with Gasteiger partial charge in [0.1, 0.15) is 5.82 Å². The standard InChI is InChI=1S/C14H17FN2S/c1-4-17-14(11-5-6-16-8-12(11)15)13-7-9(2)10(3)18-13/h5-8,14,17H,4H2,1-3H3. The molecule has 0 radical (unpaired) electrons. The summed E-state index contributed by atoms with van der Waals surface area (Å²) >= 11 is 1.72. The molecule has 0 aliphatic rings. The number of hydrogen-bond donors (Lipinski definition) is 1. The summed E-state index contributed by atoms with van der Waals surface area (Å²) in [5.41, 5.74) is 1.92. The minimum atomic E-state index is -0.257. The van der Waals surface area contributed by atoms with Gasteiger partial charge in [-0.25, -0.2) is 4.39 Å². The number of hydrogen-bond acceptors (Lipinski definition) is 3. The lowest BCUT2D eigenvalue weighted by atomic mass is 10.1. The van der Waals surface area contributed by atoms with Crippen molar-refractivity contribution in [2.45, 2.75) is 26.8 Å². The van der Waals surface area contributed by atoms with Crippen LogP contribution in [-0.4, -0.2) is 11.5 Å². The lowest BCUT2D eigenvalue weighted by Crippen LogP contribution is -2.22. The Morgan fingerprint density at radius 2 is 2.22 bits per heavy atom. The molecular weight excluding hydrogens is 247 g/mol. The van der Waals surface area contributed by atoms with Crippen LogP contribution < -0.4 is 5.32 Å². The number of halogens is 1. The third-order valence-electron chi connectivity index (χ3n) is 2.99. The second-order valence-corrected chi connectivity index (χ2v) is 5.56. The van der Waals surface area contributed by atoms with Crippen molar-refractivity contribution in [3.8, 4) is 0 Å². The largest absolute Gasteiger partial charge is 0.306 e. The van der Waals surface area contributed by atoms with Crippen molar-refractivity contribution >= 4 is 11.3 Å². The lowest BCUT2D eigenvalue weighted by Gasteiger charge is -2.17. The molecule has 0 spiro atoms. The molecule has 2 nitrogen and oxygen atoms in total. The van der Waals surface area contributed by atoms with Gasteiger partial charge in [-0.05, 0) is 38.1 Å². The second-order valence-electron chi connectivity index (χ2n) is 4.28. The van der Waals surface area contributed by atoms with E-state index in [1.807, 2.05) is 6.92 Å². The van der Waals surface area contributed by atoms with Crippen LogP contribution in [0.3, 0.4) is 0 Å². The Balaban J connectivity index is 2.43. The fraction of sp³-hybridized carbons (Fsp3) is 0.357. The minimum absolute atomic E-state index is 0.0876. The van der Waals surface area contributed by atoms with Crippen molar-refractivity contribution in [2.75, 3.05) is 6.54 Å². The molecule has 0 bridgehead atoms. The first-order valence-electron chi connectivity index (χ1n) is 6.03. The number of thiophene rings is 1. The number of nitrogens with zero attached hydrogens (tertiary/aromatic N) is 1. The maximum atomic E-state index is 13.9. The van der Waals surface area contributed by atoms with Crippen LogP contribution in [0.2, 0.25) is 0 Å². The summed E-state index contributed by atoms with van der Waals surface area (Å²) < 4.78 is 13.9.